The van der Waals surface area contributed by atoms with Crippen LogP contribution in [0.1, 0.15) is 19.5 Å². The number of nitrogens with one attached hydrogen (secondary N) is 2. The van der Waals surface area contributed by atoms with Crippen LogP contribution in [0, 0.1) is 6.92 Å². The molecular formula is C22H24N4O3. The van der Waals surface area contributed by atoms with Crippen molar-refractivity contribution >= 4 is 23.1 Å². The van der Waals surface area contributed by atoms with Crippen molar-refractivity contribution in [3.05, 3.63) is 54.2 Å². The van der Waals surface area contributed by atoms with Crippen molar-refractivity contribution in [3.63, 3.8) is 0 Å². The first kappa shape index (κ1) is 18.9. The number of aromatic nitrogens is 2. The Labute approximate surface area is 170 Å². The number of ether oxygens (including phenoxy) is 3. The van der Waals surface area contributed by atoms with Gasteiger partial charge in [0.1, 0.15) is 24.8 Å². The van der Waals surface area contributed by atoms with Gasteiger partial charge in [-0.2, -0.15) is 4.98 Å². The second-order valence-corrected chi connectivity index (χ2v) is 7.02. The Morgan fingerprint density at radius 1 is 0.862 bits per heavy atom. The molecule has 0 bridgehead atoms. The molecule has 4 rings (SSSR count). The number of rotatable bonds is 6. The Bertz CT molecular complexity index is 990. The first-order valence-corrected chi connectivity index (χ1v) is 9.61. The van der Waals surface area contributed by atoms with Crippen molar-refractivity contribution in [3.8, 4) is 17.2 Å². The Balaban J connectivity index is 1.49. The molecule has 0 amide bonds. The maximum Gasteiger partial charge on any atom is 0.229 e. The zero-order valence-electron chi connectivity index (χ0n) is 16.7. The highest BCUT2D eigenvalue weighted by molar-refractivity contribution is 5.63. The zero-order chi connectivity index (χ0) is 20.2. The molecule has 150 valence electrons. The maximum atomic E-state index is 5.68. The highest BCUT2D eigenvalue weighted by Crippen LogP contribution is 2.33. The fourth-order valence-corrected chi connectivity index (χ4v) is 2.98. The number of aryl methyl sites for hydroxylation is 1. The van der Waals surface area contributed by atoms with Gasteiger partial charge in [-0.15, -0.1) is 0 Å². The molecule has 0 saturated heterocycles. The van der Waals surface area contributed by atoms with E-state index in [2.05, 4.69) is 20.6 Å². The van der Waals surface area contributed by atoms with Crippen LogP contribution in [0.4, 0.5) is 23.1 Å². The molecule has 0 radical (unpaired) electrons. The number of fused-ring (bicyclic) bond motifs is 1. The molecule has 1 aromatic heterocycles. The fraction of sp³-hybridized carbons (Fsp3) is 0.273. The van der Waals surface area contributed by atoms with Crippen LogP contribution in [0.2, 0.25) is 0 Å². The van der Waals surface area contributed by atoms with Crippen molar-refractivity contribution in [2.75, 3.05) is 23.8 Å². The van der Waals surface area contributed by atoms with Gasteiger partial charge in [-0.1, -0.05) is 0 Å². The van der Waals surface area contributed by atoms with E-state index in [-0.39, 0.29) is 6.10 Å². The molecule has 3 aromatic rings. The van der Waals surface area contributed by atoms with Crippen molar-refractivity contribution in [2.24, 2.45) is 0 Å². The van der Waals surface area contributed by atoms with Crippen LogP contribution in [0.5, 0.6) is 17.2 Å². The normalized spacial score (nSPS) is 12.6. The Kier molecular flexibility index (Phi) is 5.37. The Morgan fingerprint density at radius 2 is 1.59 bits per heavy atom. The number of nitrogens with zero attached hydrogens (tertiary/aromatic N) is 2. The second-order valence-electron chi connectivity index (χ2n) is 7.02. The molecule has 1 aliphatic rings. The summed E-state index contributed by atoms with van der Waals surface area (Å²) >= 11 is 0. The van der Waals surface area contributed by atoms with Gasteiger partial charge in [0, 0.05) is 29.2 Å². The molecule has 29 heavy (non-hydrogen) atoms. The topological polar surface area (TPSA) is 77.5 Å². The van der Waals surface area contributed by atoms with Gasteiger partial charge in [-0.3, -0.25) is 0 Å². The molecule has 2 N–H and O–H groups in total. The molecule has 0 spiro atoms. The molecule has 0 fully saturated rings. The third kappa shape index (κ3) is 4.87. The van der Waals surface area contributed by atoms with Gasteiger partial charge in [0.25, 0.3) is 0 Å². The van der Waals surface area contributed by atoms with Gasteiger partial charge >= 0.3 is 0 Å². The number of anilines is 4. The van der Waals surface area contributed by atoms with Gasteiger partial charge in [0.15, 0.2) is 11.5 Å². The monoisotopic (exact) mass is 392 g/mol. The van der Waals surface area contributed by atoms with E-state index in [1.165, 1.54) is 0 Å². The first-order chi connectivity index (χ1) is 14.0. The zero-order valence-corrected chi connectivity index (χ0v) is 16.7. The van der Waals surface area contributed by atoms with Crippen LogP contribution >= 0.6 is 0 Å². The molecule has 2 heterocycles. The summed E-state index contributed by atoms with van der Waals surface area (Å²) in [7, 11) is 0. The van der Waals surface area contributed by atoms with E-state index in [0.717, 1.165) is 34.3 Å². The number of hydrogen-bond donors (Lipinski definition) is 2. The van der Waals surface area contributed by atoms with Crippen molar-refractivity contribution < 1.29 is 14.2 Å². The summed E-state index contributed by atoms with van der Waals surface area (Å²) < 4.78 is 16.9. The van der Waals surface area contributed by atoms with Gasteiger partial charge in [-0.25, -0.2) is 4.98 Å². The molecule has 7 heteroatoms. The molecule has 0 saturated carbocycles. The van der Waals surface area contributed by atoms with E-state index in [0.29, 0.717) is 25.0 Å². The summed E-state index contributed by atoms with van der Waals surface area (Å²) in [5.41, 5.74) is 2.60. The predicted molar refractivity (Wildman–Crippen MR) is 113 cm³/mol. The highest BCUT2D eigenvalue weighted by atomic mass is 16.6. The van der Waals surface area contributed by atoms with Crippen molar-refractivity contribution in [1.29, 1.82) is 0 Å². The lowest BCUT2D eigenvalue weighted by Crippen LogP contribution is -2.15. The summed E-state index contributed by atoms with van der Waals surface area (Å²) in [4.78, 5) is 9.04. The van der Waals surface area contributed by atoms with Crippen LogP contribution < -0.4 is 24.8 Å². The average molecular weight is 392 g/mol. The van der Waals surface area contributed by atoms with Crippen molar-refractivity contribution in [1.82, 2.24) is 9.97 Å². The fourth-order valence-electron chi connectivity index (χ4n) is 2.98. The van der Waals surface area contributed by atoms with Gasteiger partial charge < -0.3 is 24.8 Å². The predicted octanol–water partition coefficient (Wildman–Crippen LogP) is 4.83. The van der Waals surface area contributed by atoms with Crippen LogP contribution in [0.25, 0.3) is 0 Å². The van der Waals surface area contributed by atoms with Crippen LogP contribution in [-0.4, -0.2) is 29.3 Å². The smallest absolute Gasteiger partial charge is 0.229 e. The SMILES string of the molecule is Cc1cc(Nc2ccc3c(c2)OCCO3)nc(Nc2ccc(OC(C)C)cc2)n1. The molecule has 7 nitrogen and oxygen atoms in total. The minimum Gasteiger partial charge on any atom is -0.491 e. The maximum absolute atomic E-state index is 5.68. The third-order valence-corrected chi connectivity index (χ3v) is 4.15. The summed E-state index contributed by atoms with van der Waals surface area (Å²) in [6.45, 7) is 7.07. The Hall–Kier alpha value is -3.48. The van der Waals surface area contributed by atoms with E-state index in [9.17, 15) is 0 Å². The minimum atomic E-state index is 0.142. The van der Waals surface area contributed by atoms with E-state index in [1.54, 1.807) is 0 Å². The lowest BCUT2D eigenvalue weighted by Gasteiger charge is -2.19. The largest absolute Gasteiger partial charge is 0.491 e. The molecule has 2 aromatic carbocycles. The van der Waals surface area contributed by atoms with E-state index < -0.39 is 0 Å². The average Bonchev–Trinajstić information content (AvgIpc) is 2.68. The standard InChI is InChI=1S/C22H24N4O3/c1-14(2)29-18-7-4-16(5-8-18)25-22-23-15(3)12-21(26-22)24-17-6-9-19-20(13-17)28-11-10-27-19/h4-9,12-14H,10-11H2,1-3H3,(H2,23,24,25,26). The van der Waals surface area contributed by atoms with E-state index in [1.807, 2.05) is 69.3 Å². The van der Waals surface area contributed by atoms with Crippen molar-refractivity contribution in [2.45, 2.75) is 26.9 Å². The second kappa shape index (κ2) is 8.26. The van der Waals surface area contributed by atoms with Gasteiger partial charge in [-0.05, 0) is 57.2 Å². The summed E-state index contributed by atoms with van der Waals surface area (Å²) in [6.07, 6.45) is 0.142. The van der Waals surface area contributed by atoms with Gasteiger partial charge in [0.05, 0.1) is 6.10 Å². The third-order valence-electron chi connectivity index (χ3n) is 4.15. The molecule has 0 aliphatic carbocycles. The summed E-state index contributed by atoms with van der Waals surface area (Å²) in [5, 5.41) is 6.54. The minimum absolute atomic E-state index is 0.142. The lowest BCUT2D eigenvalue weighted by atomic mass is 10.2. The van der Waals surface area contributed by atoms with Crippen LogP contribution in [-0.2, 0) is 0 Å². The molecule has 0 atom stereocenters. The summed E-state index contributed by atoms with van der Waals surface area (Å²) in [5.74, 6) is 3.53. The van der Waals surface area contributed by atoms with Crippen LogP contribution in [0.15, 0.2) is 48.5 Å². The lowest BCUT2D eigenvalue weighted by molar-refractivity contribution is 0.171. The highest BCUT2D eigenvalue weighted by Gasteiger charge is 2.12. The Morgan fingerprint density at radius 3 is 2.34 bits per heavy atom. The van der Waals surface area contributed by atoms with Crippen LogP contribution in [0.3, 0.4) is 0 Å². The van der Waals surface area contributed by atoms with E-state index >= 15 is 0 Å². The first-order valence-electron chi connectivity index (χ1n) is 9.61. The van der Waals surface area contributed by atoms with E-state index in [4.69, 9.17) is 14.2 Å². The number of benzene rings is 2. The molecule has 0 unspecified atom stereocenters. The molecule has 1 aliphatic heterocycles. The molecular weight excluding hydrogens is 368 g/mol. The number of hydrogen-bond acceptors (Lipinski definition) is 7. The summed E-state index contributed by atoms with van der Waals surface area (Å²) in [6, 6.07) is 15.4. The van der Waals surface area contributed by atoms with Gasteiger partial charge in [0.2, 0.25) is 5.95 Å². The quantitative estimate of drug-likeness (QED) is 0.622.